The van der Waals surface area contributed by atoms with E-state index in [-0.39, 0.29) is 11.5 Å². The maximum Gasteiger partial charge on any atom is 0.262 e. The number of halogens is 2. The largest absolute Gasteiger partial charge is 0.310 e. The molecule has 3 aromatic rings. The molecule has 0 aliphatic heterocycles. The van der Waals surface area contributed by atoms with Gasteiger partial charge in [-0.15, -0.1) is 5.10 Å². The van der Waals surface area contributed by atoms with Crippen molar-refractivity contribution < 1.29 is 4.39 Å². The van der Waals surface area contributed by atoms with E-state index in [1.807, 2.05) is 26.0 Å². The Hall–Kier alpha value is -2.02. The molecule has 1 N–H and O–H groups in total. The van der Waals surface area contributed by atoms with Crippen molar-refractivity contribution in [3.8, 4) is 5.69 Å². The van der Waals surface area contributed by atoms with Gasteiger partial charge in [0.15, 0.2) is 5.65 Å². The zero-order valence-corrected chi connectivity index (χ0v) is 14.2. The highest BCUT2D eigenvalue weighted by atomic mass is 79.9. The second kappa shape index (κ2) is 4.99. The molecule has 0 spiro atoms. The van der Waals surface area contributed by atoms with Crippen LogP contribution in [0.15, 0.2) is 27.6 Å². The van der Waals surface area contributed by atoms with Crippen molar-refractivity contribution in [1.29, 1.82) is 0 Å². The maximum absolute atomic E-state index is 13.2. The highest BCUT2D eigenvalue weighted by Crippen LogP contribution is 2.41. The number of rotatable bonds is 2. The molecule has 2 atom stereocenters. The van der Waals surface area contributed by atoms with E-state index in [0.29, 0.717) is 23.3 Å². The molecular weight excluding hydrogens is 363 g/mol. The van der Waals surface area contributed by atoms with E-state index >= 15 is 0 Å². The zero-order chi connectivity index (χ0) is 16.3. The maximum atomic E-state index is 13.2. The fraction of sp³-hybridized carbons (Fsp3) is 0.312. The van der Waals surface area contributed by atoms with Crippen LogP contribution < -0.4 is 5.56 Å². The molecule has 1 aliphatic carbocycles. The number of hydrogen-bond acceptors (Lipinski definition) is 3. The summed E-state index contributed by atoms with van der Waals surface area (Å²) in [7, 11) is 0. The average molecular weight is 377 g/mol. The van der Waals surface area contributed by atoms with Gasteiger partial charge >= 0.3 is 0 Å². The first-order chi connectivity index (χ1) is 10.9. The molecular formula is C16H14BrFN4O. The highest BCUT2D eigenvalue weighted by molar-refractivity contribution is 9.10. The molecule has 0 bridgehead atoms. The Labute approximate surface area is 139 Å². The van der Waals surface area contributed by atoms with E-state index in [9.17, 15) is 9.18 Å². The summed E-state index contributed by atoms with van der Waals surface area (Å²) in [6.45, 7) is 3.97. The van der Waals surface area contributed by atoms with Crippen molar-refractivity contribution in [3.63, 3.8) is 0 Å². The fourth-order valence-corrected chi connectivity index (χ4v) is 3.62. The number of aryl methyl sites for hydroxylation is 2. The Kier molecular flexibility index (Phi) is 3.16. The Morgan fingerprint density at radius 3 is 2.61 bits per heavy atom. The topological polar surface area (TPSA) is 63.6 Å². The SMILES string of the molecule is Cc1cc(Br)cc(C)c1-n1cc2c(=O)[nH]c(C3CC3F)nc2n1. The number of benzene rings is 1. The number of nitrogens with zero attached hydrogens (tertiary/aromatic N) is 3. The van der Waals surface area contributed by atoms with Gasteiger partial charge in [0.25, 0.3) is 5.56 Å². The Morgan fingerprint density at radius 2 is 2.00 bits per heavy atom. The van der Waals surface area contributed by atoms with Crippen molar-refractivity contribution in [2.75, 3.05) is 0 Å². The predicted molar refractivity (Wildman–Crippen MR) is 88.9 cm³/mol. The van der Waals surface area contributed by atoms with E-state index in [1.54, 1.807) is 10.9 Å². The summed E-state index contributed by atoms with van der Waals surface area (Å²) in [5.74, 6) is 0.0953. The summed E-state index contributed by atoms with van der Waals surface area (Å²) in [4.78, 5) is 19.2. The van der Waals surface area contributed by atoms with Gasteiger partial charge in [-0.1, -0.05) is 15.9 Å². The van der Waals surface area contributed by atoms with Crippen molar-refractivity contribution in [2.24, 2.45) is 0 Å². The molecule has 2 aromatic heterocycles. The van der Waals surface area contributed by atoms with Crippen LogP contribution in [0.4, 0.5) is 4.39 Å². The average Bonchev–Trinajstić information content (AvgIpc) is 3.03. The summed E-state index contributed by atoms with van der Waals surface area (Å²) in [5.41, 5.74) is 3.06. The lowest BCUT2D eigenvalue weighted by atomic mass is 10.1. The highest BCUT2D eigenvalue weighted by Gasteiger charge is 2.41. The van der Waals surface area contributed by atoms with E-state index in [1.165, 1.54) is 0 Å². The number of aromatic nitrogens is 4. The van der Waals surface area contributed by atoms with Gasteiger partial charge in [-0.2, -0.15) is 0 Å². The Bertz CT molecular complexity index is 970. The number of fused-ring (bicyclic) bond motifs is 1. The minimum Gasteiger partial charge on any atom is -0.310 e. The van der Waals surface area contributed by atoms with Crippen LogP contribution in [0.5, 0.6) is 0 Å². The van der Waals surface area contributed by atoms with Crippen molar-refractivity contribution in [2.45, 2.75) is 32.4 Å². The lowest BCUT2D eigenvalue weighted by Crippen LogP contribution is -2.10. The molecule has 118 valence electrons. The lowest BCUT2D eigenvalue weighted by Gasteiger charge is -2.10. The molecule has 5 nitrogen and oxygen atoms in total. The minimum atomic E-state index is -0.909. The summed E-state index contributed by atoms with van der Waals surface area (Å²) < 4.78 is 15.9. The van der Waals surface area contributed by atoms with Crippen LogP contribution in [0.3, 0.4) is 0 Å². The van der Waals surface area contributed by atoms with Crippen LogP contribution in [0.2, 0.25) is 0 Å². The van der Waals surface area contributed by atoms with Crippen LogP contribution in [-0.4, -0.2) is 25.9 Å². The normalized spacial score (nSPS) is 20.2. The number of aromatic amines is 1. The fourth-order valence-electron chi connectivity index (χ4n) is 2.93. The van der Waals surface area contributed by atoms with Crippen molar-refractivity contribution in [1.82, 2.24) is 19.7 Å². The van der Waals surface area contributed by atoms with Gasteiger partial charge < -0.3 is 4.98 Å². The van der Waals surface area contributed by atoms with E-state index in [2.05, 4.69) is 31.0 Å². The molecule has 2 unspecified atom stereocenters. The molecule has 23 heavy (non-hydrogen) atoms. The Morgan fingerprint density at radius 1 is 1.35 bits per heavy atom. The first kappa shape index (κ1) is 14.6. The van der Waals surface area contributed by atoms with E-state index in [4.69, 9.17) is 0 Å². The number of nitrogens with one attached hydrogen (secondary N) is 1. The third-order valence-electron chi connectivity index (χ3n) is 4.16. The smallest absolute Gasteiger partial charge is 0.262 e. The van der Waals surface area contributed by atoms with E-state index in [0.717, 1.165) is 21.3 Å². The molecule has 2 heterocycles. The lowest BCUT2D eigenvalue weighted by molar-refractivity contribution is 0.465. The summed E-state index contributed by atoms with van der Waals surface area (Å²) in [5, 5.41) is 4.85. The van der Waals surface area contributed by atoms with Crippen molar-refractivity contribution in [3.05, 3.63) is 50.1 Å². The third kappa shape index (κ3) is 2.39. The molecule has 1 aromatic carbocycles. The molecule has 1 fully saturated rings. The first-order valence-electron chi connectivity index (χ1n) is 7.35. The zero-order valence-electron chi connectivity index (χ0n) is 12.6. The van der Waals surface area contributed by atoms with Gasteiger partial charge in [-0.05, 0) is 43.5 Å². The number of H-pyrrole nitrogens is 1. The quantitative estimate of drug-likeness (QED) is 0.745. The Balaban J connectivity index is 1.90. The third-order valence-corrected chi connectivity index (χ3v) is 4.61. The van der Waals surface area contributed by atoms with Crippen LogP contribution in [0, 0.1) is 13.8 Å². The van der Waals surface area contributed by atoms with Gasteiger partial charge in [0, 0.05) is 10.7 Å². The van der Waals surface area contributed by atoms with Crippen LogP contribution >= 0.6 is 15.9 Å². The molecule has 0 radical (unpaired) electrons. The molecule has 1 saturated carbocycles. The predicted octanol–water partition coefficient (Wildman–Crippen LogP) is 3.31. The minimum absolute atomic E-state index is 0.275. The van der Waals surface area contributed by atoms with Crippen molar-refractivity contribution >= 4 is 27.0 Å². The summed E-state index contributed by atoms with van der Waals surface area (Å²) in [6, 6.07) is 3.99. The van der Waals surface area contributed by atoms with Gasteiger partial charge in [0.2, 0.25) is 0 Å². The van der Waals surface area contributed by atoms with Gasteiger partial charge in [0.1, 0.15) is 17.4 Å². The number of hydrogen-bond donors (Lipinski definition) is 1. The molecule has 7 heteroatoms. The molecule has 1 aliphatic rings. The summed E-state index contributed by atoms with van der Waals surface area (Å²) >= 11 is 3.47. The molecule has 0 amide bonds. The first-order valence-corrected chi connectivity index (χ1v) is 8.14. The summed E-state index contributed by atoms with van der Waals surface area (Å²) in [6.07, 6.45) is 1.18. The second-order valence-electron chi connectivity index (χ2n) is 6.01. The standard InChI is InChI=1S/C16H14BrFN4O/c1-7-3-9(17)4-8(2)13(7)22-6-11-15(21-22)19-14(20-16(11)23)10-5-12(10)18/h3-4,6,10,12H,5H2,1-2H3,(H,19,20,21,23). The second-order valence-corrected chi connectivity index (χ2v) is 6.92. The van der Waals surface area contributed by atoms with Gasteiger partial charge in [-0.25, -0.2) is 14.1 Å². The van der Waals surface area contributed by atoms with E-state index < -0.39 is 6.17 Å². The van der Waals surface area contributed by atoms with Crippen LogP contribution in [-0.2, 0) is 0 Å². The number of alkyl halides is 1. The van der Waals surface area contributed by atoms with Crippen LogP contribution in [0.1, 0.15) is 29.3 Å². The molecule has 4 rings (SSSR count). The molecule has 0 saturated heterocycles. The monoisotopic (exact) mass is 376 g/mol. The van der Waals surface area contributed by atoms with Gasteiger partial charge in [0.05, 0.1) is 11.6 Å². The van der Waals surface area contributed by atoms with Gasteiger partial charge in [-0.3, -0.25) is 4.79 Å². The van der Waals surface area contributed by atoms with Crippen LogP contribution in [0.25, 0.3) is 16.7 Å².